The van der Waals surface area contributed by atoms with Crippen LogP contribution in [0.3, 0.4) is 0 Å². The molecular formula is C15H22O3. The van der Waals surface area contributed by atoms with Crippen molar-refractivity contribution in [3.8, 4) is 0 Å². The van der Waals surface area contributed by atoms with Gasteiger partial charge in [0.1, 0.15) is 6.10 Å². The van der Waals surface area contributed by atoms with Gasteiger partial charge in [0.05, 0.1) is 12.7 Å². The van der Waals surface area contributed by atoms with Crippen LogP contribution in [-0.2, 0) is 16.1 Å². The molecule has 0 radical (unpaired) electrons. The Bertz CT molecular complexity index is 361. The highest BCUT2D eigenvalue weighted by Gasteiger charge is 2.25. The molecule has 1 aromatic carbocycles. The van der Waals surface area contributed by atoms with Crippen LogP contribution in [0.2, 0.25) is 0 Å². The number of aliphatic hydroxyl groups excluding tert-OH is 1. The molecule has 1 aromatic rings. The highest BCUT2D eigenvalue weighted by Crippen LogP contribution is 2.13. The Morgan fingerprint density at radius 3 is 2.44 bits per heavy atom. The first-order chi connectivity index (χ1) is 8.56. The molecule has 0 spiro atoms. The predicted molar refractivity (Wildman–Crippen MR) is 71.2 cm³/mol. The van der Waals surface area contributed by atoms with Crippen LogP contribution in [-0.4, -0.2) is 23.1 Å². The van der Waals surface area contributed by atoms with Crippen molar-refractivity contribution in [2.75, 3.05) is 0 Å². The first-order valence-corrected chi connectivity index (χ1v) is 6.43. The quantitative estimate of drug-likeness (QED) is 0.809. The molecular weight excluding hydrogens is 228 g/mol. The number of aliphatic hydroxyl groups is 1. The van der Waals surface area contributed by atoms with Gasteiger partial charge in [-0.2, -0.15) is 0 Å². The third kappa shape index (κ3) is 4.24. The lowest BCUT2D eigenvalue weighted by molar-refractivity contribution is -0.137. The Morgan fingerprint density at radius 1 is 1.28 bits per heavy atom. The van der Waals surface area contributed by atoms with Crippen LogP contribution < -0.4 is 0 Å². The van der Waals surface area contributed by atoms with Crippen LogP contribution in [0.4, 0.5) is 0 Å². The topological polar surface area (TPSA) is 46.5 Å². The zero-order valence-corrected chi connectivity index (χ0v) is 11.3. The molecule has 0 aliphatic heterocycles. The van der Waals surface area contributed by atoms with Gasteiger partial charge in [0.25, 0.3) is 0 Å². The standard InChI is InChI=1S/C15H22O3/c1-4-14(16)11(2)15(17)12(3)18-10-13-8-6-5-7-9-13/h5-9,11-12,14,16H,4,10H2,1-3H3/t11-,12+,14+/m0/s1. The maximum atomic E-state index is 12.0. The molecule has 0 amide bonds. The molecule has 0 aliphatic carbocycles. The van der Waals surface area contributed by atoms with Gasteiger partial charge in [-0.15, -0.1) is 0 Å². The zero-order valence-electron chi connectivity index (χ0n) is 11.3. The summed E-state index contributed by atoms with van der Waals surface area (Å²) in [6.45, 7) is 5.77. The molecule has 0 unspecified atom stereocenters. The molecule has 1 N–H and O–H groups in total. The molecule has 0 saturated carbocycles. The SMILES string of the molecule is CC[C@@H](O)[C@H](C)C(=O)[C@@H](C)OCc1ccccc1. The number of hydrogen-bond donors (Lipinski definition) is 1. The number of benzene rings is 1. The summed E-state index contributed by atoms with van der Waals surface area (Å²) < 4.78 is 5.54. The largest absolute Gasteiger partial charge is 0.392 e. The Hall–Kier alpha value is -1.19. The zero-order chi connectivity index (χ0) is 13.5. The minimum absolute atomic E-state index is 0.0414. The van der Waals surface area contributed by atoms with E-state index in [1.54, 1.807) is 13.8 Å². The second-order valence-corrected chi connectivity index (χ2v) is 4.61. The highest BCUT2D eigenvalue weighted by atomic mass is 16.5. The fraction of sp³-hybridized carbons (Fsp3) is 0.533. The van der Waals surface area contributed by atoms with Gasteiger partial charge >= 0.3 is 0 Å². The summed E-state index contributed by atoms with van der Waals surface area (Å²) in [5, 5.41) is 9.65. The van der Waals surface area contributed by atoms with Gasteiger partial charge in [-0.25, -0.2) is 0 Å². The Labute approximate surface area is 109 Å². The average Bonchev–Trinajstić information content (AvgIpc) is 2.43. The van der Waals surface area contributed by atoms with Crippen LogP contribution in [0.25, 0.3) is 0 Å². The summed E-state index contributed by atoms with van der Waals surface area (Å²) in [5.41, 5.74) is 1.04. The number of Topliss-reactive ketones (excluding diaryl/α,β-unsaturated/α-hetero) is 1. The summed E-state index contributed by atoms with van der Waals surface area (Å²) in [6.07, 6.45) is -0.486. The van der Waals surface area contributed by atoms with Crippen molar-refractivity contribution in [1.29, 1.82) is 0 Å². The van der Waals surface area contributed by atoms with E-state index >= 15 is 0 Å². The van der Waals surface area contributed by atoms with Crippen LogP contribution in [0, 0.1) is 5.92 Å². The summed E-state index contributed by atoms with van der Waals surface area (Å²) in [5.74, 6) is -0.416. The normalized spacial score (nSPS) is 16.0. The predicted octanol–water partition coefficient (Wildman–Crippen LogP) is 2.57. The van der Waals surface area contributed by atoms with E-state index in [9.17, 15) is 9.90 Å². The van der Waals surface area contributed by atoms with Gasteiger partial charge in [0.15, 0.2) is 5.78 Å². The number of carbonyl (C=O) groups is 1. The van der Waals surface area contributed by atoms with Crippen molar-refractivity contribution >= 4 is 5.78 Å². The van der Waals surface area contributed by atoms with Crippen LogP contribution in [0.5, 0.6) is 0 Å². The van der Waals surface area contributed by atoms with E-state index in [2.05, 4.69) is 0 Å². The summed E-state index contributed by atoms with van der Waals surface area (Å²) >= 11 is 0. The van der Waals surface area contributed by atoms with Gasteiger partial charge in [-0.3, -0.25) is 4.79 Å². The van der Waals surface area contributed by atoms with Crippen molar-refractivity contribution in [3.63, 3.8) is 0 Å². The van der Waals surface area contributed by atoms with Crippen LogP contribution >= 0.6 is 0 Å². The number of hydrogen-bond acceptors (Lipinski definition) is 3. The second-order valence-electron chi connectivity index (χ2n) is 4.61. The molecule has 0 aromatic heterocycles. The molecule has 100 valence electrons. The lowest BCUT2D eigenvalue weighted by Crippen LogP contribution is -2.33. The number of ether oxygens (including phenoxy) is 1. The van der Waals surface area contributed by atoms with Gasteiger partial charge in [0, 0.05) is 5.92 Å². The summed E-state index contributed by atoms with van der Waals surface area (Å²) in [4.78, 5) is 12.0. The van der Waals surface area contributed by atoms with E-state index in [1.807, 2.05) is 37.3 Å². The first kappa shape index (κ1) is 14.9. The third-order valence-electron chi connectivity index (χ3n) is 3.19. The minimum atomic E-state index is -0.583. The summed E-state index contributed by atoms with van der Waals surface area (Å²) in [6, 6.07) is 9.74. The van der Waals surface area contributed by atoms with Gasteiger partial charge in [-0.1, -0.05) is 44.2 Å². The molecule has 0 fully saturated rings. The first-order valence-electron chi connectivity index (χ1n) is 6.43. The lowest BCUT2D eigenvalue weighted by atomic mass is 9.95. The van der Waals surface area contributed by atoms with E-state index in [0.717, 1.165) is 5.56 Å². The highest BCUT2D eigenvalue weighted by molar-refractivity contribution is 5.85. The number of carbonyl (C=O) groups excluding carboxylic acids is 1. The molecule has 0 heterocycles. The molecule has 3 nitrogen and oxygen atoms in total. The van der Waals surface area contributed by atoms with Crippen molar-refractivity contribution in [1.82, 2.24) is 0 Å². The van der Waals surface area contributed by atoms with E-state index < -0.39 is 12.2 Å². The molecule has 3 heteroatoms. The average molecular weight is 250 g/mol. The third-order valence-corrected chi connectivity index (χ3v) is 3.19. The monoisotopic (exact) mass is 250 g/mol. The van der Waals surface area contributed by atoms with Gasteiger partial charge < -0.3 is 9.84 Å². The second kappa shape index (κ2) is 7.29. The van der Waals surface area contributed by atoms with Crippen molar-refractivity contribution in [3.05, 3.63) is 35.9 Å². The van der Waals surface area contributed by atoms with Gasteiger partial charge in [-0.05, 0) is 18.9 Å². The number of rotatable bonds is 7. The molecule has 1 rings (SSSR count). The van der Waals surface area contributed by atoms with Crippen LogP contribution in [0.15, 0.2) is 30.3 Å². The van der Waals surface area contributed by atoms with E-state index in [0.29, 0.717) is 13.0 Å². The van der Waals surface area contributed by atoms with Gasteiger partial charge in [0.2, 0.25) is 0 Å². The van der Waals surface area contributed by atoms with Crippen molar-refractivity contribution in [2.24, 2.45) is 5.92 Å². The molecule has 18 heavy (non-hydrogen) atoms. The Kier molecular flexibility index (Phi) is 6.02. The maximum Gasteiger partial charge on any atom is 0.166 e. The van der Waals surface area contributed by atoms with Crippen LogP contribution in [0.1, 0.15) is 32.8 Å². The molecule has 0 aliphatic rings. The minimum Gasteiger partial charge on any atom is -0.392 e. The Morgan fingerprint density at radius 2 is 1.89 bits per heavy atom. The van der Waals surface area contributed by atoms with Crippen molar-refractivity contribution in [2.45, 2.75) is 46.0 Å². The molecule has 3 atom stereocenters. The fourth-order valence-corrected chi connectivity index (χ4v) is 1.79. The van der Waals surface area contributed by atoms with Crippen molar-refractivity contribution < 1.29 is 14.6 Å². The summed E-state index contributed by atoms with van der Waals surface area (Å²) in [7, 11) is 0. The Balaban J connectivity index is 2.45. The van der Waals surface area contributed by atoms with E-state index in [-0.39, 0.29) is 11.7 Å². The fourth-order valence-electron chi connectivity index (χ4n) is 1.79. The maximum absolute atomic E-state index is 12.0. The molecule has 0 saturated heterocycles. The van der Waals surface area contributed by atoms with E-state index in [1.165, 1.54) is 0 Å². The lowest BCUT2D eigenvalue weighted by Gasteiger charge is -2.20. The smallest absolute Gasteiger partial charge is 0.166 e. The number of ketones is 1. The molecule has 0 bridgehead atoms. The van der Waals surface area contributed by atoms with E-state index in [4.69, 9.17) is 4.74 Å².